The Bertz CT molecular complexity index is 614. The van der Waals surface area contributed by atoms with Gasteiger partial charge in [0.15, 0.2) is 0 Å². The van der Waals surface area contributed by atoms with Crippen LogP contribution in [0.25, 0.3) is 0 Å². The second-order valence-electron chi connectivity index (χ2n) is 5.47. The average molecular weight is 305 g/mol. The van der Waals surface area contributed by atoms with Crippen LogP contribution in [0.3, 0.4) is 0 Å². The molecule has 112 valence electrons. The number of para-hydroxylation sites is 2. The fraction of sp³-hybridized carbons (Fsp3) is 0.467. The Kier molecular flexibility index (Phi) is 4.07. The molecular weight excluding hydrogens is 286 g/mol. The number of aliphatic hydroxyl groups excluding tert-OH is 1. The van der Waals surface area contributed by atoms with E-state index in [2.05, 4.69) is 28.1 Å². The molecule has 1 unspecified atom stereocenters. The SMILES string of the molecule is CC(C)c1nsc(CN2CC(CO)Oc3ccccc32)n1. The van der Waals surface area contributed by atoms with Crippen molar-refractivity contribution >= 4 is 17.2 Å². The van der Waals surface area contributed by atoms with Crippen LogP contribution in [0.4, 0.5) is 5.69 Å². The number of nitrogens with zero attached hydrogens (tertiary/aromatic N) is 3. The van der Waals surface area contributed by atoms with E-state index < -0.39 is 0 Å². The molecule has 5 nitrogen and oxygen atoms in total. The minimum absolute atomic E-state index is 0.0121. The van der Waals surface area contributed by atoms with Crippen molar-refractivity contribution in [3.63, 3.8) is 0 Å². The lowest BCUT2D eigenvalue weighted by Gasteiger charge is -2.35. The lowest BCUT2D eigenvalue weighted by atomic mass is 10.2. The van der Waals surface area contributed by atoms with Crippen molar-refractivity contribution in [1.82, 2.24) is 9.36 Å². The zero-order chi connectivity index (χ0) is 14.8. The summed E-state index contributed by atoms with van der Waals surface area (Å²) in [4.78, 5) is 6.79. The summed E-state index contributed by atoms with van der Waals surface area (Å²) < 4.78 is 10.2. The quantitative estimate of drug-likeness (QED) is 0.940. The Hall–Kier alpha value is -1.66. The normalized spacial score (nSPS) is 17.7. The Labute approximate surface area is 128 Å². The smallest absolute Gasteiger partial charge is 0.145 e. The van der Waals surface area contributed by atoms with Crippen molar-refractivity contribution < 1.29 is 9.84 Å². The molecule has 6 heteroatoms. The van der Waals surface area contributed by atoms with E-state index in [1.54, 1.807) is 0 Å². The topological polar surface area (TPSA) is 58.5 Å². The van der Waals surface area contributed by atoms with E-state index in [4.69, 9.17) is 4.74 Å². The van der Waals surface area contributed by atoms with Crippen molar-refractivity contribution in [2.45, 2.75) is 32.4 Å². The van der Waals surface area contributed by atoms with Crippen LogP contribution in [-0.4, -0.2) is 33.7 Å². The highest BCUT2D eigenvalue weighted by Gasteiger charge is 2.25. The van der Waals surface area contributed by atoms with E-state index in [1.807, 2.05) is 24.3 Å². The van der Waals surface area contributed by atoms with Crippen LogP contribution in [0.15, 0.2) is 24.3 Å². The largest absolute Gasteiger partial charge is 0.484 e. The molecule has 1 aromatic carbocycles. The summed E-state index contributed by atoms with van der Waals surface area (Å²) in [6.07, 6.45) is -0.197. The van der Waals surface area contributed by atoms with Crippen molar-refractivity contribution in [3.8, 4) is 5.75 Å². The first kappa shape index (κ1) is 14.3. The number of fused-ring (bicyclic) bond motifs is 1. The van der Waals surface area contributed by atoms with Crippen molar-refractivity contribution in [3.05, 3.63) is 35.1 Å². The van der Waals surface area contributed by atoms with Gasteiger partial charge in [-0.3, -0.25) is 0 Å². The predicted octanol–water partition coefficient (Wildman–Crippen LogP) is 2.42. The number of ether oxygens (including phenoxy) is 1. The number of anilines is 1. The van der Waals surface area contributed by atoms with E-state index in [1.165, 1.54) is 11.5 Å². The fourth-order valence-corrected chi connectivity index (χ4v) is 3.15. The highest BCUT2D eigenvalue weighted by molar-refractivity contribution is 7.05. The number of benzene rings is 1. The van der Waals surface area contributed by atoms with Crippen molar-refractivity contribution in [1.29, 1.82) is 0 Å². The number of hydrogen-bond donors (Lipinski definition) is 1. The minimum atomic E-state index is -0.197. The molecule has 1 N–H and O–H groups in total. The van der Waals surface area contributed by atoms with E-state index in [0.717, 1.165) is 22.3 Å². The number of aromatic nitrogens is 2. The van der Waals surface area contributed by atoms with Crippen LogP contribution in [0.2, 0.25) is 0 Å². The molecule has 1 aliphatic heterocycles. The van der Waals surface area contributed by atoms with Gasteiger partial charge in [0.2, 0.25) is 0 Å². The first-order chi connectivity index (χ1) is 10.2. The standard InChI is InChI=1S/C15H19N3O2S/c1-10(2)15-16-14(21-17-15)8-18-7-11(9-19)20-13-6-4-3-5-12(13)18/h3-6,10-11,19H,7-9H2,1-2H3. The summed E-state index contributed by atoms with van der Waals surface area (Å²) in [5.41, 5.74) is 1.04. The molecule has 1 atom stereocenters. The molecule has 0 saturated heterocycles. The fourth-order valence-electron chi connectivity index (χ4n) is 2.35. The van der Waals surface area contributed by atoms with Crippen LogP contribution in [0.5, 0.6) is 5.75 Å². The molecule has 0 fully saturated rings. The zero-order valence-corrected chi connectivity index (χ0v) is 13.0. The molecular formula is C15H19N3O2S. The van der Waals surface area contributed by atoms with Crippen LogP contribution < -0.4 is 9.64 Å². The summed E-state index contributed by atoms with van der Waals surface area (Å²) in [6.45, 7) is 5.55. The average Bonchev–Trinajstić information content (AvgIpc) is 2.96. The van der Waals surface area contributed by atoms with Gasteiger partial charge in [0.25, 0.3) is 0 Å². The molecule has 0 bridgehead atoms. The van der Waals surface area contributed by atoms with Gasteiger partial charge in [0, 0.05) is 5.92 Å². The summed E-state index contributed by atoms with van der Waals surface area (Å²) in [5.74, 6) is 2.06. The number of hydrogen-bond acceptors (Lipinski definition) is 6. The molecule has 21 heavy (non-hydrogen) atoms. The van der Waals surface area contributed by atoms with Gasteiger partial charge in [-0.05, 0) is 23.7 Å². The molecule has 1 aromatic heterocycles. The summed E-state index contributed by atoms with van der Waals surface area (Å²) in [6, 6.07) is 7.91. The first-order valence-corrected chi connectivity index (χ1v) is 7.88. The second kappa shape index (κ2) is 5.99. The zero-order valence-electron chi connectivity index (χ0n) is 12.2. The number of aliphatic hydroxyl groups is 1. The van der Waals surface area contributed by atoms with Gasteiger partial charge in [-0.25, -0.2) is 4.98 Å². The maximum absolute atomic E-state index is 9.40. The lowest BCUT2D eigenvalue weighted by molar-refractivity contribution is 0.112. The summed E-state index contributed by atoms with van der Waals surface area (Å²) >= 11 is 1.45. The molecule has 0 radical (unpaired) electrons. The third kappa shape index (κ3) is 3.01. The molecule has 1 aliphatic rings. The highest BCUT2D eigenvalue weighted by Crippen LogP contribution is 2.34. The molecule has 3 rings (SSSR count). The third-order valence-electron chi connectivity index (χ3n) is 3.45. The highest BCUT2D eigenvalue weighted by atomic mass is 32.1. The van der Waals surface area contributed by atoms with Crippen LogP contribution in [0, 0.1) is 0 Å². The Balaban J connectivity index is 1.83. The molecule has 0 saturated carbocycles. The van der Waals surface area contributed by atoms with Gasteiger partial charge in [-0.15, -0.1) is 0 Å². The second-order valence-corrected chi connectivity index (χ2v) is 6.31. The number of rotatable bonds is 4. The Morgan fingerprint density at radius 2 is 2.24 bits per heavy atom. The van der Waals surface area contributed by atoms with Gasteiger partial charge >= 0.3 is 0 Å². The van der Waals surface area contributed by atoms with E-state index in [-0.39, 0.29) is 12.7 Å². The van der Waals surface area contributed by atoms with E-state index in [0.29, 0.717) is 19.0 Å². The summed E-state index contributed by atoms with van der Waals surface area (Å²) in [7, 11) is 0. The van der Waals surface area contributed by atoms with Gasteiger partial charge in [-0.1, -0.05) is 26.0 Å². The molecule has 2 heterocycles. The van der Waals surface area contributed by atoms with Crippen molar-refractivity contribution in [2.75, 3.05) is 18.1 Å². The predicted molar refractivity (Wildman–Crippen MR) is 83.0 cm³/mol. The van der Waals surface area contributed by atoms with Crippen LogP contribution >= 0.6 is 11.5 Å². The Morgan fingerprint density at radius 1 is 1.43 bits per heavy atom. The molecule has 2 aromatic rings. The van der Waals surface area contributed by atoms with Gasteiger partial charge in [-0.2, -0.15) is 4.37 Å². The minimum Gasteiger partial charge on any atom is -0.484 e. The van der Waals surface area contributed by atoms with Gasteiger partial charge in [0.1, 0.15) is 22.7 Å². The first-order valence-electron chi connectivity index (χ1n) is 7.11. The molecule has 0 amide bonds. The van der Waals surface area contributed by atoms with E-state index in [9.17, 15) is 5.11 Å². The maximum Gasteiger partial charge on any atom is 0.145 e. The maximum atomic E-state index is 9.40. The van der Waals surface area contributed by atoms with E-state index >= 15 is 0 Å². The Morgan fingerprint density at radius 3 is 2.95 bits per heavy atom. The van der Waals surface area contributed by atoms with Crippen LogP contribution in [0.1, 0.15) is 30.6 Å². The van der Waals surface area contributed by atoms with Gasteiger partial charge in [0.05, 0.1) is 25.4 Å². The third-order valence-corrected chi connectivity index (χ3v) is 4.16. The van der Waals surface area contributed by atoms with Crippen molar-refractivity contribution in [2.24, 2.45) is 0 Å². The summed E-state index contributed by atoms with van der Waals surface area (Å²) in [5, 5.41) is 10.4. The lowest BCUT2D eigenvalue weighted by Crippen LogP contribution is -2.41. The molecule has 0 spiro atoms. The monoisotopic (exact) mass is 305 g/mol. The molecule has 0 aliphatic carbocycles. The van der Waals surface area contributed by atoms with Gasteiger partial charge < -0.3 is 14.7 Å². The van der Waals surface area contributed by atoms with Crippen LogP contribution in [-0.2, 0) is 6.54 Å².